The number of carbonyl (C=O) groups excluding carboxylic acids is 2. The number of carbonyl (C=O) groups is 2. The van der Waals surface area contributed by atoms with E-state index < -0.39 is 21.1 Å². The first-order chi connectivity index (χ1) is 10.1. The minimum Gasteiger partial charge on any atom is -0.340 e. The molecule has 2 amide bonds. The number of likely N-dealkylation sites (N-methyl/N-ethyl adjacent to an activating group) is 1. The van der Waals surface area contributed by atoms with Gasteiger partial charge in [-0.3, -0.25) is 9.59 Å². The molecule has 0 aliphatic carbocycles. The molecule has 1 heterocycles. The Morgan fingerprint density at radius 2 is 1.82 bits per heavy atom. The predicted octanol–water partition coefficient (Wildman–Crippen LogP) is 1.06. The van der Waals surface area contributed by atoms with E-state index in [1.54, 1.807) is 25.8 Å². The van der Waals surface area contributed by atoms with Crippen LogP contribution < -0.4 is 0 Å². The molecule has 1 saturated heterocycles. The summed E-state index contributed by atoms with van der Waals surface area (Å²) in [6, 6.07) is -0.424. The molecule has 22 heavy (non-hydrogen) atoms. The number of likely N-dealkylation sites (tertiary alicyclic amines) is 1. The maximum absolute atomic E-state index is 12.4. The van der Waals surface area contributed by atoms with Crippen molar-refractivity contribution in [1.82, 2.24) is 9.80 Å². The van der Waals surface area contributed by atoms with Crippen molar-refractivity contribution in [2.45, 2.75) is 57.2 Å². The van der Waals surface area contributed by atoms with Gasteiger partial charge in [0.2, 0.25) is 11.8 Å². The van der Waals surface area contributed by atoms with Crippen molar-refractivity contribution in [2.75, 3.05) is 26.4 Å². The van der Waals surface area contributed by atoms with E-state index in [2.05, 4.69) is 0 Å². The summed E-state index contributed by atoms with van der Waals surface area (Å²) in [4.78, 5) is 27.5. The largest absolute Gasteiger partial charge is 0.340 e. The first kappa shape index (κ1) is 18.9. The zero-order valence-electron chi connectivity index (χ0n) is 14.0. The molecule has 0 saturated carbocycles. The van der Waals surface area contributed by atoms with Gasteiger partial charge in [0.15, 0.2) is 9.84 Å². The Labute approximate surface area is 133 Å². The van der Waals surface area contributed by atoms with E-state index >= 15 is 0 Å². The van der Waals surface area contributed by atoms with E-state index in [1.165, 1.54) is 11.2 Å². The standard InChI is InChI=1S/C15H28N2O4S/c1-12(13(2)22(4,20)21)16(3)15(19)11-17-10-8-6-5-7-9-14(17)18/h12-13H,5-11H2,1-4H3/t12-,13-/m1/s1. The van der Waals surface area contributed by atoms with Gasteiger partial charge in [0.05, 0.1) is 11.8 Å². The molecule has 0 radical (unpaired) electrons. The highest BCUT2D eigenvalue weighted by Gasteiger charge is 2.29. The first-order valence-electron chi connectivity index (χ1n) is 7.87. The molecule has 1 fully saturated rings. The van der Waals surface area contributed by atoms with Gasteiger partial charge >= 0.3 is 0 Å². The van der Waals surface area contributed by atoms with Crippen molar-refractivity contribution >= 4 is 21.7 Å². The molecular formula is C15H28N2O4S. The summed E-state index contributed by atoms with van der Waals surface area (Å²) in [6.07, 6.45) is 5.60. The highest BCUT2D eigenvalue weighted by Crippen LogP contribution is 2.14. The van der Waals surface area contributed by atoms with Gasteiger partial charge in [0.25, 0.3) is 0 Å². The summed E-state index contributed by atoms with van der Waals surface area (Å²) in [5.74, 6) is -0.192. The molecule has 0 spiro atoms. The van der Waals surface area contributed by atoms with Crippen LogP contribution >= 0.6 is 0 Å². The molecule has 0 aromatic rings. The predicted molar refractivity (Wildman–Crippen MR) is 86.2 cm³/mol. The van der Waals surface area contributed by atoms with E-state index in [0.29, 0.717) is 13.0 Å². The van der Waals surface area contributed by atoms with Crippen LogP contribution in [0.25, 0.3) is 0 Å². The number of sulfone groups is 1. The van der Waals surface area contributed by atoms with E-state index in [-0.39, 0.29) is 18.4 Å². The van der Waals surface area contributed by atoms with Gasteiger partial charge < -0.3 is 9.80 Å². The van der Waals surface area contributed by atoms with Crippen LogP contribution in [-0.4, -0.2) is 67.7 Å². The maximum Gasteiger partial charge on any atom is 0.242 e. The van der Waals surface area contributed by atoms with Gasteiger partial charge in [-0.05, 0) is 26.7 Å². The Kier molecular flexibility index (Phi) is 6.84. The van der Waals surface area contributed by atoms with Crippen LogP contribution in [0.15, 0.2) is 0 Å². The van der Waals surface area contributed by atoms with Crippen molar-refractivity contribution in [3.05, 3.63) is 0 Å². The van der Waals surface area contributed by atoms with Crippen LogP contribution in [0.1, 0.15) is 46.0 Å². The number of hydrogen-bond acceptors (Lipinski definition) is 4. The number of hydrogen-bond donors (Lipinski definition) is 0. The fraction of sp³-hybridized carbons (Fsp3) is 0.867. The summed E-state index contributed by atoms with van der Waals surface area (Å²) in [5.41, 5.74) is 0. The van der Waals surface area contributed by atoms with Crippen LogP contribution in [0.5, 0.6) is 0 Å². The molecule has 0 bridgehead atoms. The molecule has 0 aromatic heterocycles. The molecule has 0 unspecified atom stereocenters. The average Bonchev–Trinajstić information content (AvgIpc) is 2.43. The fourth-order valence-corrected chi connectivity index (χ4v) is 3.46. The van der Waals surface area contributed by atoms with Gasteiger partial charge in [-0.25, -0.2) is 8.42 Å². The monoisotopic (exact) mass is 332 g/mol. The minimum atomic E-state index is -3.21. The highest BCUT2D eigenvalue weighted by atomic mass is 32.2. The Balaban J connectivity index is 2.67. The lowest BCUT2D eigenvalue weighted by molar-refractivity contribution is -0.141. The normalized spacial score (nSPS) is 20.0. The Morgan fingerprint density at radius 3 is 2.41 bits per heavy atom. The lowest BCUT2D eigenvalue weighted by Crippen LogP contribution is -2.49. The zero-order valence-corrected chi connectivity index (χ0v) is 14.9. The van der Waals surface area contributed by atoms with Crippen molar-refractivity contribution in [2.24, 2.45) is 0 Å². The Hall–Kier alpha value is -1.11. The average molecular weight is 332 g/mol. The van der Waals surface area contributed by atoms with Gasteiger partial charge in [0, 0.05) is 32.3 Å². The Bertz CT molecular complexity index is 504. The molecule has 2 atom stereocenters. The molecule has 1 rings (SSSR count). The van der Waals surface area contributed by atoms with E-state index in [9.17, 15) is 18.0 Å². The molecule has 1 aliphatic heterocycles. The highest BCUT2D eigenvalue weighted by molar-refractivity contribution is 7.91. The van der Waals surface area contributed by atoms with Gasteiger partial charge in [-0.15, -0.1) is 0 Å². The number of amides is 2. The van der Waals surface area contributed by atoms with E-state index in [0.717, 1.165) is 25.7 Å². The SMILES string of the molecule is C[C@H]([C@@H](C)S(C)(=O)=O)N(C)C(=O)CN1CCCCCCC1=O. The van der Waals surface area contributed by atoms with Crippen molar-refractivity contribution in [3.63, 3.8) is 0 Å². The van der Waals surface area contributed by atoms with Crippen molar-refractivity contribution in [3.8, 4) is 0 Å². The quantitative estimate of drug-likeness (QED) is 0.754. The smallest absolute Gasteiger partial charge is 0.242 e. The second kappa shape index (κ2) is 7.94. The lowest BCUT2D eigenvalue weighted by atomic mass is 10.1. The van der Waals surface area contributed by atoms with Crippen LogP contribution in [0.4, 0.5) is 0 Å². The van der Waals surface area contributed by atoms with Crippen LogP contribution in [0, 0.1) is 0 Å². The van der Waals surface area contributed by atoms with Gasteiger partial charge in [-0.2, -0.15) is 0 Å². The molecule has 0 aromatic carbocycles. The Morgan fingerprint density at radius 1 is 1.23 bits per heavy atom. The molecule has 7 heteroatoms. The summed E-state index contributed by atoms with van der Waals surface area (Å²) >= 11 is 0. The van der Waals surface area contributed by atoms with Crippen molar-refractivity contribution in [1.29, 1.82) is 0 Å². The number of nitrogens with zero attached hydrogens (tertiary/aromatic N) is 2. The summed E-state index contributed by atoms with van der Waals surface area (Å²) < 4.78 is 23.2. The van der Waals surface area contributed by atoms with Gasteiger partial charge in [-0.1, -0.05) is 12.8 Å². The molecular weight excluding hydrogens is 304 g/mol. The minimum absolute atomic E-state index is 0.0188. The summed E-state index contributed by atoms with van der Waals surface area (Å²) in [5, 5.41) is -0.635. The summed E-state index contributed by atoms with van der Waals surface area (Å²) in [6.45, 7) is 3.97. The van der Waals surface area contributed by atoms with E-state index in [4.69, 9.17) is 0 Å². The third kappa shape index (κ3) is 5.26. The molecule has 0 N–H and O–H groups in total. The third-order valence-corrected chi connectivity index (χ3v) is 6.35. The lowest BCUT2D eigenvalue weighted by Gasteiger charge is -2.32. The van der Waals surface area contributed by atoms with Gasteiger partial charge in [0.1, 0.15) is 0 Å². The van der Waals surface area contributed by atoms with E-state index in [1.807, 2.05) is 0 Å². The molecule has 6 nitrogen and oxygen atoms in total. The molecule has 1 aliphatic rings. The third-order valence-electron chi connectivity index (χ3n) is 4.61. The zero-order chi connectivity index (χ0) is 16.9. The summed E-state index contributed by atoms with van der Waals surface area (Å²) in [7, 11) is -1.61. The maximum atomic E-state index is 12.4. The van der Waals surface area contributed by atoms with Crippen molar-refractivity contribution < 1.29 is 18.0 Å². The first-order valence-corrected chi connectivity index (χ1v) is 9.82. The van der Waals surface area contributed by atoms with Crippen LogP contribution in [0.3, 0.4) is 0 Å². The second-order valence-electron chi connectivity index (χ2n) is 6.26. The topological polar surface area (TPSA) is 74.8 Å². The molecule has 128 valence electrons. The second-order valence-corrected chi connectivity index (χ2v) is 8.66. The van der Waals surface area contributed by atoms with Crippen LogP contribution in [-0.2, 0) is 19.4 Å². The number of rotatable bonds is 5. The fourth-order valence-electron chi connectivity index (χ4n) is 2.56. The van der Waals surface area contributed by atoms with Crippen LogP contribution in [0.2, 0.25) is 0 Å².